The van der Waals surface area contributed by atoms with E-state index in [0.29, 0.717) is 21.5 Å². The molecule has 0 bridgehead atoms. The van der Waals surface area contributed by atoms with Gasteiger partial charge in [-0.1, -0.05) is 60.1 Å². The van der Waals surface area contributed by atoms with Crippen LogP contribution in [0.5, 0.6) is 5.75 Å². The number of carbonyl (C=O) groups is 1. The van der Waals surface area contributed by atoms with Crippen LogP contribution in [0, 0.1) is 0 Å². The van der Waals surface area contributed by atoms with E-state index >= 15 is 0 Å². The molecule has 0 atom stereocenters. The molecule has 0 saturated heterocycles. The molecular weight excluding hydrogens is 416 g/mol. The van der Waals surface area contributed by atoms with E-state index in [9.17, 15) is 9.59 Å². The Balaban J connectivity index is 1.52. The minimum atomic E-state index is -0.613. The van der Waals surface area contributed by atoms with E-state index in [1.807, 2.05) is 30.3 Å². The molecule has 0 N–H and O–H groups in total. The van der Waals surface area contributed by atoms with Crippen molar-refractivity contribution < 1.29 is 14.3 Å². The molecule has 0 aliphatic carbocycles. The van der Waals surface area contributed by atoms with Gasteiger partial charge in [-0.15, -0.1) is 0 Å². The zero-order valence-electron chi connectivity index (χ0n) is 16.5. The van der Waals surface area contributed by atoms with Crippen molar-refractivity contribution in [2.75, 3.05) is 13.2 Å². The van der Waals surface area contributed by atoms with E-state index in [1.165, 1.54) is 4.68 Å². The summed E-state index contributed by atoms with van der Waals surface area (Å²) in [6.45, 7) is 0.467. The number of nitrogens with zero attached hydrogens (tertiary/aromatic N) is 2. The fourth-order valence-corrected chi connectivity index (χ4v) is 3.27. The number of esters is 1. The molecule has 0 radical (unpaired) electrons. The van der Waals surface area contributed by atoms with Crippen molar-refractivity contribution in [3.63, 3.8) is 0 Å². The smallest absolute Gasteiger partial charge is 0.359 e. The maximum atomic E-state index is 12.9. The van der Waals surface area contributed by atoms with Crippen molar-refractivity contribution in [2.45, 2.75) is 6.54 Å². The first-order valence-electron chi connectivity index (χ1n) is 9.71. The van der Waals surface area contributed by atoms with Crippen LogP contribution in [-0.2, 0) is 11.3 Å². The molecule has 4 rings (SSSR count). The number of benzene rings is 3. The molecule has 3 aromatic carbocycles. The van der Waals surface area contributed by atoms with Crippen molar-refractivity contribution in [2.24, 2.45) is 0 Å². The Bertz CT molecular complexity index is 1250. The lowest BCUT2D eigenvalue weighted by Gasteiger charge is -2.11. The van der Waals surface area contributed by atoms with Gasteiger partial charge in [0.15, 0.2) is 5.69 Å². The second kappa shape index (κ2) is 9.45. The molecular formula is C24H19ClN2O4. The third-order valence-corrected chi connectivity index (χ3v) is 4.89. The molecule has 1 heterocycles. The maximum absolute atomic E-state index is 12.9. The summed E-state index contributed by atoms with van der Waals surface area (Å²) in [7, 11) is 0. The Kier molecular flexibility index (Phi) is 6.29. The average Bonchev–Trinajstić information content (AvgIpc) is 2.80. The van der Waals surface area contributed by atoms with Gasteiger partial charge in [0.1, 0.15) is 19.0 Å². The van der Waals surface area contributed by atoms with Gasteiger partial charge in [0.05, 0.1) is 11.9 Å². The molecule has 156 valence electrons. The van der Waals surface area contributed by atoms with E-state index in [0.717, 1.165) is 5.56 Å². The quantitative estimate of drug-likeness (QED) is 0.320. The van der Waals surface area contributed by atoms with E-state index in [2.05, 4.69) is 5.10 Å². The number of rotatable bonds is 7. The van der Waals surface area contributed by atoms with Gasteiger partial charge in [-0.3, -0.25) is 4.79 Å². The number of aromatic nitrogens is 2. The molecule has 0 aliphatic rings. The first-order valence-corrected chi connectivity index (χ1v) is 10.1. The van der Waals surface area contributed by atoms with E-state index < -0.39 is 5.97 Å². The molecule has 1 aromatic heterocycles. The van der Waals surface area contributed by atoms with Gasteiger partial charge >= 0.3 is 5.97 Å². The second-order valence-electron chi connectivity index (χ2n) is 6.78. The third kappa shape index (κ3) is 4.92. The Hall–Kier alpha value is -3.64. The summed E-state index contributed by atoms with van der Waals surface area (Å²) in [6.07, 6.45) is 0. The number of carbonyl (C=O) groups excluding carboxylic acids is 1. The predicted octanol–water partition coefficient (Wildman–Crippen LogP) is 4.33. The summed E-state index contributed by atoms with van der Waals surface area (Å²) < 4.78 is 12.2. The van der Waals surface area contributed by atoms with E-state index in [-0.39, 0.29) is 31.0 Å². The van der Waals surface area contributed by atoms with Crippen molar-refractivity contribution >= 4 is 28.3 Å². The Labute approximate surface area is 183 Å². The van der Waals surface area contributed by atoms with E-state index in [4.69, 9.17) is 21.1 Å². The Morgan fingerprint density at radius 2 is 1.55 bits per heavy atom. The Morgan fingerprint density at radius 3 is 2.29 bits per heavy atom. The SMILES string of the molecule is O=C(OCCOc1ccc(Cl)cc1)c1nn(Cc2ccccc2)c(=O)c2ccccc12. The van der Waals surface area contributed by atoms with Crippen LogP contribution in [0.15, 0.2) is 83.7 Å². The topological polar surface area (TPSA) is 70.4 Å². The summed E-state index contributed by atoms with van der Waals surface area (Å²) in [5.74, 6) is 0.0122. The lowest BCUT2D eigenvalue weighted by molar-refractivity contribution is 0.0443. The number of ether oxygens (including phenoxy) is 2. The number of fused-ring (bicyclic) bond motifs is 1. The number of hydrogen-bond acceptors (Lipinski definition) is 5. The van der Waals surface area contributed by atoms with E-state index in [1.54, 1.807) is 48.5 Å². The predicted molar refractivity (Wildman–Crippen MR) is 119 cm³/mol. The number of hydrogen-bond donors (Lipinski definition) is 0. The molecule has 6 nitrogen and oxygen atoms in total. The number of halogens is 1. The minimum absolute atomic E-state index is 0.0370. The van der Waals surface area contributed by atoms with Crippen LogP contribution >= 0.6 is 11.6 Å². The lowest BCUT2D eigenvalue weighted by atomic mass is 10.1. The largest absolute Gasteiger partial charge is 0.490 e. The molecule has 0 amide bonds. The van der Waals surface area contributed by atoms with Crippen LogP contribution in [0.3, 0.4) is 0 Å². The van der Waals surface area contributed by atoms with Crippen molar-refractivity contribution in [3.8, 4) is 5.75 Å². The fraction of sp³-hybridized carbons (Fsp3) is 0.125. The zero-order valence-corrected chi connectivity index (χ0v) is 17.3. The fourth-order valence-electron chi connectivity index (χ4n) is 3.14. The normalized spacial score (nSPS) is 10.7. The second-order valence-corrected chi connectivity index (χ2v) is 7.22. The molecule has 0 unspecified atom stereocenters. The first-order chi connectivity index (χ1) is 15.1. The molecule has 0 aliphatic heterocycles. The highest BCUT2D eigenvalue weighted by atomic mass is 35.5. The zero-order chi connectivity index (χ0) is 21.6. The Morgan fingerprint density at radius 1 is 0.871 bits per heavy atom. The van der Waals surface area contributed by atoms with Gasteiger partial charge in [0.2, 0.25) is 0 Å². The highest BCUT2D eigenvalue weighted by molar-refractivity contribution is 6.30. The standard InChI is InChI=1S/C24H19ClN2O4/c25-18-10-12-19(13-11-18)30-14-15-31-24(29)22-20-8-4-5-9-21(20)23(28)27(26-22)16-17-6-2-1-3-7-17/h1-13H,14-16H2. The van der Waals surface area contributed by atoms with Gasteiger partial charge in [0, 0.05) is 10.4 Å². The van der Waals surface area contributed by atoms with Crippen LogP contribution in [0.4, 0.5) is 0 Å². The van der Waals surface area contributed by atoms with Crippen LogP contribution in [-0.4, -0.2) is 29.0 Å². The van der Waals surface area contributed by atoms with Crippen molar-refractivity contribution in [1.29, 1.82) is 0 Å². The average molecular weight is 435 g/mol. The van der Waals surface area contributed by atoms with Crippen LogP contribution in [0.1, 0.15) is 16.1 Å². The van der Waals surface area contributed by atoms with Gasteiger partial charge in [0.25, 0.3) is 5.56 Å². The molecule has 31 heavy (non-hydrogen) atoms. The van der Waals surface area contributed by atoms with Crippen molar-refractivity contribution in [3.05, 3.63) is 105 Å². The summed E-state index contributed by atoms with van der Waals surface area (Å²) in [5.41, 5.74) is 0.739. The maximum Gasteiger partial charge on any atom is 0.359 e. The summed E-state index contributed by atoms with van der Waals surface area (Å²) in [4.78, 5) is 25.6. The molecule has 4 aromatic rings. The highest BCUT2D eigenvalue weighted by Crippen LogP contribution is 2.16. The van der Waals surface area contributed by atoms with Gasteiger partial charge in [-0.05, 0) is 35.9 Å². The molecule has 0 fully saturated rings. The molecule has 0 saturated carbocycles. The summed E-state index contributed by atoms with van der Waals surface area (Å²) in [5, 5.41) is 5.80. The monoisotopic (exact) mass is 434 g/mol. The molecule has 0 spiro atoms. The van der Waals surface area contributed by atoms with Crippen molar-refractivity contribution in [1.82, 2.24) is 9.78 Å². The van der Waals surface area contributed by atoms with Gasteiger partial charge in [-0.2, -0.15) is 5.10 Å². The summed E-state index contributed by atoms with van der Waals surface area (Å²) >= 11 is 5.85. The lowest BCUT2D eigenvalue weighted by Crippen LogP contribution is -2.27. The van der Waals surface area contributed by atoms with Crippen LogP contribution in [0.2, 0.25) is 5.02 Å². The minimum Gasteiger partial charge on any atom is -0.490 e. The molecule has 7 heteroatoms. The first kappa shape index (κ1) is 20.6. The highest BCUT2D eigenvalue weighted by Gasteiger charge is 2.18. The van der Waals surface area contributed by atoms with Gasteiger partial charge < -0.3 is 9.47 Å². The van der Waals surface area contributed by atoms with Gasteiger partial charge in [-0.25, -0.2) is 9.48 Å². The van der Waals surface area contributed by atoms with Crippen LogP contribution < -0.4 is 10.3 Å². The summed E-state index contributed by atoms with van der Waals surface area (Å²) in [6, 6.07) is 23.3. The van der Waals surface area contributed by atoms with Crippen LogP contribution in [0.25, 0.3) is 10.8 Å². The third-order valence-electron chi connectivity index (χ3n) is 4.64.